The van der Waals surface area contributed by atoms with Crippen LogP contribution in [-0.2, 0) is 4.74 Å². The summed E-state index contributed by atoms with van der Waals surface area (Å²) in [4.78, 5) is 4.30. The predicted molar refractivity (Wildman–Crippen MR) is 73.2 cm³/mol. The van der Waals surface area contributed by atoms with Crippen LogP contribution >= 0.6 is 0 Å². The van der Waals surface area contributed by atoms with E-state index in [1.165, 1.54) is 16.8 Å². The zero-order chi connectivity index (χ0) is 13.3. The average molecular weight is 268 g/mol. The number of benzene rings is 1. The van der Waals surface area contributed by atoms with Crippen molar-refractivity contribution in [2.45, 2.75) is 31.1 Å². The number of aliphatic hydroxyl groups is 1. The van der Waals surface area contributed by atoms with E-state index in [9.17, 15) is 5.11 Å². The number of hydrogen-bond acceptors (Lipinski definition) is 3. The van der Waals surface area contributed by atoms with Crippen molar-refractivity contribution in [3.8, 4) is 11.3 Å². The highest BCUT2D eigenvalue weighted by Crippen LogP contribution is 2.58. The van der Waals surface area contributed by atoms with E-state index in [4.69, 9.17) is 4.74 Å². The summed E-state index contributed by atoms with van der Waals surface area (Å²) in [6.07, 6.45) is 5.62. The fourth-order valence-corrected chi connectivity index (χ4v) is 4.25. The van der Waals surface area contributed by atoms with Crippen LogP contribution in [0, 0.1) is 5.41 Å². The third-order valence-corrected chi connectivity index (χ3v) is 5.25. The van der Waals surface area contributed by atoms with Gasteiger partial charge in [0.2, 0.25) is 0 Å². The third kappa shape index (κ3) is 1.17. The molecule has 1 saturated carbocycles. The molecule has 0 amide bonds. The van der Waals surface area contributed by atoms with Crippen LogP contribution in [0.5, 0.6) is 0 Å². The highest BCUT2D eigenvalue weighted by Gasteiger charge is 2.60. The largest absolute Gasteiger partial charge is 0.393 e. The second-order valence-electron chi connectivity index (χ2n) is 6.37. The summed E-state index contributed by atoms with van der Waals surface area (Å²) in [7, 11) is 0. The zero-order valence-corrected chi connectivity index (χ0v) is 11.1. The van der Waals surface area contributed by atoms with Crippen LogP contribution in [0.1, 0.15) is 24.4 Å². The van der Waals surface area contributed by atoms with Gasteiger partial charge in [-0.2, -0.15) is 0 Å². The Morgan fingerprint density at radius 2 is 2.15 bits per heavy atom. The lowest BCUT2D eigenvalue weighted by molar-refractivity contribution is -0.262. The summed E-state index contributed by atoms with van der Waals surface area (Å²) in [6.45, 7) is 0.789. The lowest BCUT2D eigenvalue weighted by Gasteiger charge is -2.59. The summed E-state index contributed by atoms with van der Waals surface area (Å²) >= 11 is 0. The molecule has 2 atom stereocenters. The highest BCUT2D eigenvalue weighted by atomic mass is 16.5. The van der Waals surface area contributed by atoms with Crippen molar-refractivity contribution in [1.82, 2.24) is 9.55 Å². The normalized spacial score (nSPS) is 37.1. The number of imidazole rings is 1. The molecule has 102 valence electrons. The summed E-state index contributed by atoms with van der Waals surface area (Å²) in [5, 5.41) is 9.68. The summed E-state index contributed by atoms with van der Waals surface area (Å²) < 4.78 is 8.18. The number of nitrogens with zero attached hydrogens (tertiary/aromatic N) is 2. The Balaban J connectivity index is 1.62. The van der Waals surface area contributed by atoms with Crippen LogP contribution in [0.2, 0.25) is 0 Å². The molecule has 4 nitrogen and oxygen atoms in total. The predicted octanol–water partition coefficient (Wildman–Crippen LogP) is 1.99. The van der Waals surface area contributed by atoms with Crippen LogP contribution in [-0.4, -0.2) is 33.5 Å². The van der Waals surface area contributed by atoms with Gasteiger partial charge in [0.15, 0.2) is 0 Å². The number of ether oxygens (including phenoxy) is 1. The van der Waals surface area contributed by atoms with Crippen molar-refractivity contribution < 1.29 is 9.84 Å². The van der Waals surface area contributed by atoms with Crippen LogP contribution in [0.4, 0.5) is 0 Å². The van der Waals surface area contributed by atoms with Gasteiger partial charge >= 0.3 is 0 Å². The topological polar surface area (TPSA) is 47.3 Å². The van der Waals surface area contributed by atoms with Crippen molar-refractivity contribution in [1.29, 1.82) is 0 Å². The van der Waals surface area contributed by atoms with E-state index in [1.807, 2.05) is 12.5 Å². The minimum atomic E-state index is -0.139. The summed E-state index contributed by atoms with van der Waals surface area (Å²) in [6, 6.07) is 8.72. The van der Waals surface area contributed by atoms with Crippen molar-refractivity contribution >= 4 is 0 Å². The van der Waals surface area contributed by atoms with Gasteiger partial charge in [-0.1, -0.05) is 24.3 Å². The third-order valence-electron chi connectivity index (χ3n) is 5.25. The first-order valence-electron chi connectivity index (χ1n) is 7.19. The molecule has 2 unspecified atom stereocenters. The second-order valence-corrected chi connectivity index (χ2v) is 6.37. The molecule has 20 heavy (non-hydrogen) atoms. The Labute approximate surface area is 117 Å². The van der Waals surface area contributed by atoms with E-state index in [0.29, 0.717) is 0 Å². The van der Waals surface area contributed by atoms with Crippen LogP contribution in [0.25, 0.3) is 11.3 Å². The fraction of sp³-hybridized carbons (Fsp3) is 0.438. The Morgan fingerprint density at radius 3 is 2.90 bits per heavy atom. The van der Waals surface area contributed by atoms with Gasteiger partial charge in [0.25, 0.3) is 0 Å². The van der Waals surface area contributed by atoms with Crippen LogP contribution in [0.3, 0.4) is 0 Å². The van der Waals surface area contributed by atoms with Gasteiger partial charge in [-0.25, -0.2) is 4.98 Å². The number of aromatic nitrogens is 2. The molecule has 3 aliphatic rings. The van der Waals surface area contributed by atoms with E-state index in [1.54, 1.807) is 0 Å². The molecule has 5 rings (SSSR count). The first kappa shape index (κ1) is 11.1. The Hall–Kier alpha value is -1.65. The van der Waals surface area contributed by atoms with Gasteiger partial charge in [-0.15, -0.1) is 0 Å². The first-order chi connectivity index (χ1) is 9.78. The van der Waals surface area contributed by atoms with Gasteiger partial charge in [0, 0.05) is 11.0 Å². The number of rotatable bonds is 1. The number of aliphatic hydroxyl groups excluding tert-OH is 1. The molecule has 1 saturated heterocycles. The maximum Gasteiger partial charge on any atom is 0.0957 e. The highest BCUT2D eigenvalue weighted by molar-refractivity contribution is 5.69. The first-order valence-corrected chi connectivity index (χ1v) is 7.19. The molecule has 4 heteroatoms. The minimum Gasteiger partial charge on any atom is -0.393 e. The van der Waals surface area contributed by atoms with Crippen molar-refractivity contribution in [2.75, 3.05) is 6.61 Å². The molecule has 3 heterocycles. The van der Waals surface area contributed by atoms with Crippen molar-refractivity contribution in [3.63, 3.8) is 0 Å². The molecule has 2 aromatic rings. The lowest BCUT2D eigenvalue weighted by atomic mass is 9.59. The Kier molecular flexibility index (Phi) is 1.94. The van der Waals surface area contributed by atoms with Gasteiger partial charge in [-0.05, 0) is 18.4 Å². The van der Waals surface area contributed by atoms with Gasteiger partial charge < -0.3 is 14.4 Å². The monoisotopic (exact) mass is 268 g/mol. The molecule has 2 fully saturated rings. The maximum absolute atomic E-state index is 9.68. The van der Waals surface area contributed by atoms with E-state index < -0.39 is 0 Å². The summed E-state index contributed by atoms with van der Waals surface area (Å²) in [5.41, 5.74) is 3.95. The quantitative estimate of drug-likeness (QED) is 0.860. The molecule has 1 aromatic carbocycles. The minimum absolute atomic E-state index is 0.139. The molecule has 1 aliphatic carbocycles. The van der Waals surface area contributed by atoms with Gasteiger partial charge in [-0.3, -0.25) is 0 Å². The fourth-order valence-electron chi connectivity index (χ4n) is 4.25. The average Bonchev–Trinajstić information content (AvgIpc) is 2.97. The Morgan fingerprint density at radius 1 is 1.30 bits per heavy atom. The standard InChI is InChI=1S/C16H16N2O2/c19-10-5-16(6-10)8-20-15(16)14-12-4-2-1-3-11(12)13-7-17-9-18(13)14/h1-4,7,9-10,14-15,19H,5-6,8H2. The van der Waals surface area contributed by atoms with Crippen LogP contribution < -0.4 is 0 Å². The summed E-state index contributed by atoms with van der Waals surface area (Å²) in [5.74, 6) is 0. The van der Waals surface area contributed by atoms with E-state index in [0.717, 1.165) is 19.4 Å². The number of fused-ring (bicyclic) bond motifs is 3. The van der Waals surface area contributed by atoms with E-state index in [2.05, 4.69) is 33.8 Å². The van der Waals surface area contributed by atoms with E-state index in [-0.39, 0.29) is 23.7 Å². The maximum atomic E-state index is 9.68. The van der Waals surface area contributed by atoms with Crippen molar-refractivity contribution in [2.24, 2.45) is 5.41 Å². The Bertz CT molecular complexity index is 687. The molecular formula is C16H16N2O2. The molecule has 0 bridgehead atoms. The molecular weight excluding hydrogens is 252 g/mol. The molecule has 1 spiro atoms. The van der Waals surface area contributed by atoms with Crippen LogP contribution in [0.15, 0.2) is 36.8 Å². The van der Waals surface area contributed by atoms with E-state index >= 15 is 0 Å². The molecule has 1 aromatic heterocycles. The zero-order valence-electron chi connectivity index (χ0n) is 11.1. The molecule has 0 radical (unpaired) electrons. The number of hydrogen-bond donors (Lipinski definition) is 1. The smallest absolute Gasteiger partial charge is 0.0957 e. The molecule has 2 aliphatic heterocycles. The lowest BCUT2D eigenvalue weighted by Crippen LogP contribution is -2.63. The van der Waals surface area contributed by atoms with Crippen molar-refractivity contribution in [3.05, 3.63) is 42.4 Å². The van der Waals surface area contributed by atoms with Gasteiger partial charge in [0.1, 0.15) is 0 Å². The van der Waals surface area contributed by atoms with Gasteiger partial charge in [0.05, 0.1) is 43.1 Å². The SMILES string of the molecule is OC1CC2(COC2C2c3ccccc3-c3cncn32)C1. The molecule has 1 N–H and O–H groups in total. The second kappa shape index (κ2) is 3.51.